The first-order valence-corrected chi connectivity index (χ1v) is 7.54. The van der Waals surface area contributed by atoms with Crippen LogP contribution in [0.15, 0.2) is 24.4 Å². The maximum atomic E-state index is 6.40. The van der Waals surface area contributed by atoms with Gasteiger partial charge in [0.2, 0.25) is 0 Å². The van der Waals surface area contributed by atoms with E-state index in [1.165, 1.54) is 0 Å². The predicted molar refractivity (Wildman–Crippen MR) is 88.0 cm³/mol. The number of nitrogens with zero attached hydrogens (tertiary/aromatic N) is 3. The molecule has 114 valence electrons. The van der Waals surface area contributed by atoms with Crippen molar-refractivity contribution in [2.45, 2.75) is 19.5 Å². The SMILES string of the molecule is Cc1cccc(C(N)c2c(Cl)cnn2CCN(C)C)c1Cl. The average molecular weight is 327 g/mol. The summed E-state index contributed by atoms with van der Waals surface area (Å²) in [7, 11) is 4.03. The van der Waals surface area contributed by atoms with Crippen LogP contribution in [-0.2, 0) is 6.54 Å². The zero-order chi connectivity index (χ0) is 15.6. The largest absolute Gasteiger partial charge is 0.319 e. The number of likely N-dealkylation sites (N-methyl/N-ethyl adjacent to an activating group) is 1. The van der Waals surface area contributed by atoms with E-state index in [0.29, 0.717) is 10.0 Å². The van der Waals surface area contributed by atoms with E-state index in [4.69, 9.17) is 28.9 Å². The number of halogens is 2. The van der Waals surface area contributed by atoms with Gasteiger partial charge in [0, 0.05) is 11.6 Å². The summed E-state index contributed by atoms with van der Waals surface area (Å²) in [4.78, 5) is 2.09. The second kappa shape index (κ2) is 6.79. The molecule has 0 fully saturated rings. The molecule has 2 N–H and O–H groups in total. The van der Waals surface area contributed by atoms with E-state index in [1.54, 1.807) is 6.20 Å². The first kappa shape index (κ1) is 16.3. The third-order valence-electron chi connectivity index (χ3n) is 3.44. The number of aryl methyl sites for hydroxylation is 1. The molecule has 0 aliphatic heterocycles. The predicted octanol–water partition coefficient (Wildman–Crippen LogP) is 3.11. The molecule has 2 rings (SSSR count). The number of aromatic nitrogens is 2. The van der Waals surface area contributed by atoms with Crippen LogP contribution in [0.5, 0.6) is 0 Å². The van der Waals surface area contributed by atoms with Crippen molar-refractivity contribution in [3.8, 4) is 0 Å². The highest BCUT2D eigenvalue weighted by Gasteiger charge is 2.21. The Morgan fingerprint density at radius 1 is 1.33 bits per heavy atom. The quantitative estimate of drug-likeness (QED) is 0.918. The van der Waals surface area contributed by atoms with Gasteiger partial charge in [-0.15, -0.1) is 0 Å². The molecule has 1 heterocycles. The minimum absolute atomic E-state index is 0.394. The van der Waals surface area contributed by atoms with Crippen LogP contribution in [0.2, 0.25) is 10.0 Å². The molecular weight excluding hydrogens is 307 g/mol. The van der Waals surface area contributed by atoms with Crippen molar-refractivity contribution in [3.63, 3.8) is 0 Å². The molecule has 0 amide bonds. The van der Waals surface area contributed by atoms with E-state index >= 15 is 0 Å². The molecule has 2 aromatic rings. The summed E-state index contributed by atoms with van der Waals surface area (Å²) in [6.45, 7) is 3.55. The highest BCUT2D eigenvalue weighted by Crippen LogP contribution is 2.32. The Hall–Kier alpha value is -1.07. The Kier molecular flexibility index (Phi) is 5.27. The summed E-state index contributed by atoms with van der Waals surface area (Å²) in [5.41, 5.74) is 9.06. The van der Waals surface area contributed by atoms with E-state index in [0.717, 1.165) is 29.9 Å². The van der Waals surface area contributed by atoms with Gasteiger partial charge in [-0.25, -0.2) is 0 Å². The van der Waals surface area contributed by atoms with Crippen LogP contribution >= 0.6 is 23.2 Å². The molecule has 0 aliphatic rings. The van der Waals surface area contributed by atoms with Gasteiger partial charge in [0.25, 0.3) is 0 Å². The van der Waals surface area contributed by atoms with Gasteiger partial charge in [-0.1, -0.05) is 41.4 Å². The Bertz CT molecular complexity index is 622. The molecule has 21 heavy (non-hydrogen) atoms. The van der Waals surface area contributed by atoms with Crippen LogP contribution in [-0.4, -0.2) is 35.3 Å². The maximum Gasteiger partial charge on any atom is 0.0837 e. The highest BCUT2D eigenvalue weighted by atomic mass is 35.5. The van der Waals surface area contributed by atoms with Crippen molar-refractivity contribution in [1.82, 2.24) is 14.7 Å². The van der Waals surface area contributed by atoms with E-state index < -0.39 is 6.04 Å². The molecule has 0 bridgehead atoms. The Morgan fingerprint density at radius 2 is 2.05 bits per heavy atom. The monoisotopic (exact) mass is 326 g/mol. The van der Waals surface area contributed by atoms with Gasteiger partial charge in [0.05, 0.1) is 29.5 Å². The summed E-state index contributed by atoms with van der Waals surface area (Å²) in [6, 6.07) is 5.45. The van der Waals surface area contributed by atoms with Gasteiger partial charge < -0.3 is 10.6 Å². The van der Waals surface area contributed by atoms with Gasteiger partial charge >= 0.3 is 0 Å². The van der Waals surface area contributed by atoms with Gasteiger partial charge in [-0.2, -0.15) is 5.10 Å². The molecule has 0 saturated heterocycles. The standard InChI is InChI=1S/C15H20Cl2N4/c1-10-5-4-6-11(13(10)17)14(18)15-12(16)9-19-21(15)8-7-20(2)3/h4-6,9,14H,7-8,18H2,1-3H3. The van der Waals surface area contributed by atoms with Gasteiger partial charge in [0.15, 0.2) is 0 Å². The first-order chi connectivity index (χ1) is 9.91. The molecular formula is C15H20Cl2N4. The van der Waals surface area contributed by atoms with Crippen LogP contribution in [0.1, 0.15) is 22.9 Å². The minimum atomic E-state index is -0.394. The maximum absolute atomic E-state index is 6.40. The van der Waals surface area contributed by atoms with E-state index in [1.807, 2.05) is 43.9 Å². The van der Waals surface area contributed by atoms with Crippen molar-refractivity contribution in [2.24, 2.45) is 5.73 Å². The number of rotatable bonds is 5. The Morgan fingerprint density at radius 3 is 2.71 bits per heavy atom. The molecule has 1 aromatic heterocycles. The number of nitrogens with two attached hydrogens (primary N) is 1. The molecule has 0 aliphatic carbocycles. The topological polar surface area (TPSA) is 47.1 Å². The third kappa shape index (κ3) is 3.58. The second-order valence-electron chi connectivity index (χ2n) is 5.36. The molecule has 1 aromatic carbocycles. The molecule has 0 radical (unpaired) electrons. The van der Waals surface area contributed by atoms with Crippen molar-refractivity contribution in [1.29, 1.82) is 0 Å². The summed E-state index contributed by atoms with van der Waals surface area (Å²) >= 11 is 12.7. The van der Waals surface area contributed by atoms with Gasteiger partial charge in [0.1, 0.15) is 0 Å². The lowest BCUT2D eigenvalue weighted by Crippen LogP contribution is -2.23. The van der Waals surface area contributed by atoms with Crippen LogP contribution in [0.3, 0.4) is 0 Å². The smallest absolute Gasteiger partial charge is 0.0837 e. The highest BCUT2D eigenvalue weighted by molar-refractivity contribution is 6.32. The summed E-state index contributed by atoms with van der Waals surface area (Å²) < 4.78 is 1.85. The molecule has 6 heteroatoms. The number of hydrogen-bond acceptors (Lipinski definition) is 3. The van der Waals surface area contributed by atoms with E-state index in [-0.39, 0.29) is 0 Å². The number of benzene rings is 1. The Balaban J connectivity index is 2.36. The fourth-order valence-corrected chi connectivity index (χ4v) is 2.71. The normalized spacial score (nSPS) is 12.9. The van der Waals surface area contributed by atoms with E-state index in [9.17, 15) is 0 Å². The van der Waals surface area contributed by atoms with E-state index in [2.05, 4.69) is 10.00 Å². The fourth-order valence-electron chi connectivity index (χ4n) is 2.21. The summed E-state index contributed by atoms with van der Waals surface area (Å²) in [5.74, 6) is 0. The van der Waals surface area contributed by atoms with Crippen LogP contribution in [0.25, 0.3) is 0 Å². The lowest BCUT2D eigenvalue weighted by molar-refractivity contribution is 0.368. The lowest BCUT2D eigenvalue weighted by Gasteiger charge is -2.18. The Labute approximate surface area is 135 Å². The summed E-state index contributed by atoms with van der Waals surface area (Å²) in [5, 5.41) is 5.57. The average Bonchev–Trinajstić information content (AvgIpc) is 2.80. The van der Waals surface area contributed by atoms with Crippen molar-refractivity contribution >= 4 is 23.2 Å². The third-order valence-corrected chi connectivity index (χ3v) is 4.25. The minimum Gasteiger partial charge on any atom is -0.319 e. The summed E-state index contributed by atoms with van der Waals surface area (Å²) in [6.07, 6.45) is 1.64. The van der Waals surface area contributed by atoms with Gasteiger partial charge in [-0.3, -0.25) is 4.68 Å². The molecule has 4 nitrogen and oxygen atoms in total. The first-order valence-electron chi connectivity index (χ1n) is 6.78. The van der Waals surface area contributed by atoms with Crippen molar-refractivity contribution in [3.05, 3.63) is 51.3 Å². The zero-order valence-corrected chi connectivity index (χ0v) is 14.0. The van der Waals surface area contributed by atoms with Crippen LogP contribution in [0.4, 0.5) is 0 Å². The second-order valence-corrected chi connectivity index (χ2v) is 6.15. The van der Waals surface area contributed by atoms with Crippen LogP contribution < -0.4 is 5.73 Å². The lowest BCUT2D eigenvalue weighted by atomic mass is 10.0. The van der Waals surface area contributed by atoms with Crippen molar-refractivity contribution in [2.75, 3.05) is 20.6 Å². The molecule has 1 unspecified atom stereocenters. The fraction of sp³-hybridized carbons (Fsp3) is 0.400. The van der Waals surface area contributed by atoms with Gasteiger partial charge in [-0.05, 0) is 32.1 Å². The number of hydrogen-bond donors (Lipinski definition) is 1. The molecule has 1 atom stereocenters. The molecule has 0 saturated carbocycles. The van der Waals surface area contributed by atoms with Crippen LogP contribution in [0, 0.1) is 6.92 Å². The van der Waals surface area contributed by atoms with Crippen molar-refractivity contribution < 1.29 is 0 Å². The molecule has 0 spiro atoms. The zero-order valence-electron chi connectivity index (χ0n) is 12.5.